The first-order chi connectivity index (χ1) is 9.97. The molecule has 0 aliphatic rings. The Kier molecular flexibility index (Phi) is 4.77. The highest BCUT2D eigenvalue weighted by molar-refractivity contribution is 6.31. The number of carbonyl (C=O) groups excluding carboxylic acids is 1. The lowest BCUT2D eigenvalue weighted by Crippen LogP contribution is -2.12. The van der Waals surface area contributed by atoms with E-state index in [2.05, 4.69) is 0 Å². The van der Waals surface area contributed by atoms with E-state index in [0.29, 0.717) is 10.6 Å². The first-order valence-corrected chi connectivity index (χ1v) is 6.58. The zero-order valence-electron chi connectivity index (χ0n) is 10.6. The summed E-state index contributed by atoms with van der Waals surface area (Å²) in [7, 11) is 0. The minimum atomic E-state index is -0.602. The third-order valence-electron chi connectivity index (χ3n) is 2.62. The average molecular weight is 326 g/mol. The molecule has 0 aromatic heterocycles. The van der Waals surface area contributed by atoms with Gasteiger partial charge in [-0.15, -0.1) is 0 Å². The Morgan fingerprint density at radius 3 is 2.52 bits per heavy atom. The lowest BCUT2D eigenvalue weighted by Gasteiger charge is -2.07. The highest BCUT2D eigenvalue weighted by Gasteiger charge is 2.17. The normalized spacial score (nSPS) is 10.2. The Bertz CT molecular complexity index is 703. The van der Waals surface area contributed by atoms with E-state index >= 15 is 0 Å². The summed E-state index contributed by atoms with van der Waals surface area (Å²) in [5.74, 6) is -0.394. The van der Waals surface area contributed by atoms with Crippen molar-refractivity contribution in [3.63, 3.8) is 0 Å². The van der Waals surface area contributed by atoms with Crippen LogP contribution in [-0.2, 0) is 0 Å². The number of Topliss-reactive ketones (excluding diaryl/α,β-unsaturated/α-hetero) is 1. The molecule has 0 radical (unpaired) electrons. The van der Waals surface area contributed by atoms with Crippen LogP contribution in [0.4, 0.5) is 5.69 Å². The second-order valence-electron chi connectivity index (χ2n) is 4.09. The van der Waals surface area contributed by atoms with Gasteiger partial charge in [0.15, 0.2) is 18.1 Å². The molecule has 0 aliphatic heterocycles. The number of hydrogen-bond acceptors (Lipinski definition) is 4. The van der Waals surface area contributed by atoms with E-state index < -0.39 is 4.92 Å². The molecule has 2 aromatic carbocycles. The van der Waals surface area contributed by atoms with Crippen LogP contribution in [0.3, 0.4) is 0 Å². The number of carbonyl (C=O) groups is 1. The third kappa shape index (κ3) is 3.93. The van der Waals surface area contributed by atoms with Gasteiger partial charge in [0.25, 0.3) is 0 Å². The third-order valence-corrected chi connectivity index (χ3v) is 3.09. The molecule has 0 saturated carbocycles. The molecule has 0 amide bonds. The standard InChI is InChI=1S/C14H9Cl2NO4/c15-10-3-1-2-9(6-10)13(18)8-21-14-7-11(16)4-5-12(14)17(19)20/h1-7H,8H2. The minimum Gasteiger partial charge on any atom is -0.478 e. The van der Waals surface area contributed by atoms with Crippen molar-refractivity contribution in [2.24, 2.45) is 0 Å². The van der Waals surface area contributed by atoms with Gasteiger partial charge < -0.3 is 4.74 Å². The van der Waals surface area contributed by atoms with Crippen molar-refractivity contribution in [3.05, 3.63) is 68.2 Å². The predicted octanol–water partition coefficient (Wildman–Crippen LogP) is 4.16. The molecule has 0 spiro atoms. The van der Waals surface area contributed by atoms with Crippen LogP contribution in [0.25, 0.3) is 0 Å². The molecule has 7 heteroatoms. The lowest BCUT2D eigenvalue weighted by molar-refractivity contribution is -0.385. The number of ether oxygens (including phenoxy) is 1. The van der Waals surface area contributed by atoms with Crippen LogP contribution in [0.5, 0.6) is 5.75 Å². The molecule has 0 saturated heterocycles. The zero-order chi connectivity index (χ0) is 15.4. The van der Waals surface area contributed by atoms with Gasteiger partial charge in [-0.1, -0.05) is 35.3 Å². The molecule has 0 unspecified atom stereocenters. The van der Waals surface area contributed by atoms with E-state index in [1.54, 1.807) is 18.2 Å². The summed E-state index contributed by atoms with van der Waals surface area (Å²) in [5, 5.41) is 11.6. The van der Waals surface area contributed by atoms with Gasteiger partial charge in [0.1, 0.15) is 0 Å². The lowest BCUT2D eigenvalue weighted by atomic mass is 10.1. The van der Waals surface area contributed by atoms with Crippen LogP contribution in [0.15, 0.2) is 42.5 Å². The molecule has 0 aliphatic carbocycles. The van der Waals surface area contributed by atoms with Crippen LogP contribution >= 0.6 is 23.2 Å². The monoisotopic (exact) mass is 325 g/mol. The first-order valence-electron chi connectivity index (χ1n) is 5.83. The van der Waals surface area contributed by atoms with Gasteiger partial charge in [-0.25, -0.2) is 0 Å². The summed E-state index contributed by atoms with van der Waals surface area (Å²) in [4.78, 5) is 22.2. The molecule has 0 heterocycles. The number of nitro benzene ring substituents is 1. The average Bonchev–Trinajstić information content (AvgIpc) is 2.44. The highest BCUT2D eigenvalue weighted by Crippen LogP contribution is 2.30. The van der Waals surface area contributed by atoms with E-state index in [1.165, 1.54) is 24.3 Å². The maximum atomic E-state index is 11.9. The molecule has 0 bridgehead atoms. The number of hydrogen-bond donors (Lipinski definition) is 0. The van der Waals surface area contributed by atoms with Gasteiger partial charge in [-0.3, -0.25) is 14.9 Å². The van der Waals surface area contributed by atoms with E-state index in [1.807, 2.05) is 0 Å². The Morgan fingerprint density at radius 1 is 1.14 bits per heavy atom. The summed E-state index contributed by atoms with van der Waals surface area (Å²) < 4.78 is 5.22. The summed E-state index contributed by atoms with van der Waals surface area (Å²) in [6.07, 6.45) is 0. The van der Waals surface area contributed by atoms with Crippen molar-refractivity contribution in [2.75, 3.05) is 6.61 Å². The Hall–Kier alpha value is -2.11. The molecule has 21 heavy (non-hydrogen) atoms. The minimum absolute atomic E-state index is 0.0529. The SMILES string of the molecule is O=C(COc1cc(Cl)ccc1[N+](=O)[O-])c1cccc(Cl)c1. The van der Waals surface area contributed by atoms with Crippen LogP contribution < -0.4 is 4.74 Å². The number of halogens is 2. The van der Waals surface area contributed by atoms with Crippen molar-refractivity contribution in [1.29, 1.82) is 0 Å². The number of nitrogens with zero attached hydrogens (tertiary/aromatic N) is 1. The summed E-state index contributed by atoms with van der Waals surface area (Å²) in [6, 6.07) is 10.3. The van der Waals surface area contributed by atoms with E-state index in [0.717, 1.165) is 0 Å². The second kappa shape index (κ2) is 6.56. The van der Waals surface area contributed by atoms with Crippen molar-refractivity contribution in [1.82, 2.24) is 0 Å². The summed E-state index contributed by atoms with van der Waals surface area (Å²) >= 11 is 11.6. The maximum absolute atomic E-state index is 11.9. The summed E-state index contributed by atoms with van der Waals surface area (Å²) in [5.41, 5.74) is 0.116. The fourth-order valence-electron chi connectivity index (χ4n) is 1.64. The summed E-state index contributed by atoms with van der Waals surface area (Å²) in [6.45, 7) is -0.346. The quantitative estimate of drug-likeness (QED) is 0.470. The molecule has 0 N–H and O–H groups in total. The van der Waals surface area contributed by atoms with Gasteiger partial charge >= 0.3 is 5.69 Å². The Labute approximate surface area is 130 Å². The van der Waals surface area contributed by atoms with E-state index in [9.17, 15) is 14.9 Å². The predicted molar refractivity (Wildman–Crippen MR) is 79.4 cm³/mol. The van der Waals surface area contributed by atoms with Crippen molar-refractivity contribution < 1.29 is 14.5 Å². The smallest absolute Gasteiger partial charge is 0.311 e. The number of nitro groups is 1. The van der Waals surface area contributed by atoms with E-state index in [-0.39, 0.29) is 28.8 Å². The molecular weight excluding hydrogens is 317 g/mol. The topological polar surface area (TPSA) is 69.4 Å². The van der Waals surface area contributed by atoms with Gasteiger partial charge in [0, 0.05) is 27.7 Å². The Morgan fingerprint density at radius 2 is 1.86 bits per heavy atom. The maximum Gasteiger partial charge on any atom is 0.311 e. The van der Waals surface area contributed by atoms with Crippen LogP contribution in [0, 0.1) is 10.1 Å². The molecular formula is C14H9Cl2NO4. The van der Waals surface area contributed by atoms with Gasteiger partial charge in [0.2, 0.25) is 0 Å². The van der Waals surface area contributed by atoms with E-state index in [4.69, 9.17) is 27.9 Å². The Balaban J connectivity index is 2.14. The van der Waals surface area contributed by atoms with Crippen molar-refractivity contribution in [2.45, 2.75) is 0 Å². The zero-order valence-corrected chi connectivity index (χ0v) is 12.1. The molecule has 108 valence electrons. The number of rotatable bonds is 5. The van der Waals surface area contributed by atoms with Crippen LogP contribution in [-0.4, -0.2) is 17.3 Å². The van der Waals surface area contributed by atoms with Crippen LogP contribution in [0.2, 0.25) is 10.0 Å². The van der Waals surface area contributed by atoms with Crippen LogP contribution in [0.1, 0.15) is 10.4 Å². The highest BCUT2D eigenvalue weighted by atomic mass is 35.5. The molecule has 2 rings (SSSR count). The van der Waals surface area contributed by atoms with Crippen molar-refractivity contribution in [3.8, 4) is 5.75 Å². The number of ketones is 1. The van der Waals surface area contributed by atoms with Gasteiger partial charge in [-0.05, 0) is 18.2 Å². The largest absolute Gasteiger partial charge is 0.478 e. The molecule has 5 nitrogen and oxygen atoms in total. The molecule has 0 fully saturated rings. The fraction of sp³-hybridized carbons (Fsp3) is 0.0714. The molecule has 2 aromatic rings. The van der Waals surface area contributed by atoms with Gasteiger partial charge in [0.05, 0.1) is 4.92 Å². The molecule has 0 atom stereocenters. The van der Waals surface area contributed by atoms with Gasteiger partial charge in [-0.2, -0.15) is 0 Å². The van der Waals surface area contributed by atoms with Crippen molar-refractivity contribution >= 4 is 34.7 Å². The first kappa shape index (κ1) is 15.3. The second-order valence-corrected chi connectivity index (χ2v) is 4.96. The number of benzene rings is 2. The fourth-order valence-corrected chi connectivity index (χ4v) is 2.00.